The van der Waals surface area contributed by atoms with Crippen molar-refractivity contribution in [3.63, 3.8) is 0 Å². The van der Waals surface area contributed by atoms with E-state index in [0.29, 0.717) is 18.2 Å². The van der Waals surface area contributed by atoms with Crippen LogP contribution in [0.25, 0.3) is 0 Å². The Morgan fingerprint density at radius 1 is 1.17 bits per heavy atom. The number of amides is 1. The zero-order valence-electron chi connectivity index (χ0n) is 13.4. The monoisotopic (exact) mass is 332 g/mol. The van der Waals surface area contributed by atoms with E-state index >= 15 is 0 Å². The van der Waals surface area contributed by atoms with Crippen LogP contribution in [0.5, 0.6) is 5.75 Å². The summed E-state index contributed by atoms with van der Waals surface area (Å²) in [5.74, 6) is 0.726. The van der Waals surface area contributed by atoms with Gasteiger partial charge >= 0.3 is 0 Å². The summed E-state index contributed by atoms with van der Waals surface area (Å²) < 4.78 is 5.58. The zero-order chi connectivity index (χ0) is 16.7. The van der Waals surface area contributed by atoms with Gasteiger partial charge < -0.3 is 15.4 Å². The Morgan fingerprint density at radius 2 is 2.00 bits per heavy atom. The van der Waals surface area contributed by atoms with Crippen LogP contribution >= 0.6 is 11.6 Å². The average Bonchev–Trinajstić information content (AvgIpc) is 2.52. The maximum absolute atomic E-state index is 11.8. The fraction of sp³-hybridized carbons (Fsp3) is 0.278. The molecule has 0 atom stereocenters. The number of carbonyl (C=O) groups is 1. The van der Waals surface area contributed by atoms with Gasteiger partial charge in [-0.3, -0.25) is 4.79 Å². The first-order chi connectivity index (χ1) is 11.0. The third-order valence-electron chi connectivity index (χ3n) is 3.32. The molecular weight excluding hydrogens is 312 g/mol. The molecule has 5 heteroatoms. The van der Waals surface area contributed by atoms with Crippen LogP contribution in [0.1, 0.15) is 11.1 Å². The molecule has 2 rings (SSSR count). The molecule has 2 N–H and O–H groups in total. The fourth-order valence-corrected chi connectivity index (χ4v) is 2.26. The molecule has 0 spiro atoms. The van der Waals surface area contributed by atoms with Crippen molar-refractivity contribution in [2.45, 2.75) is 13.8 Å². The van der Waals surface area contributed by atoms with Crippen LogP contribution in [0.15, 0.2) is 42.5 Å². The lowest BCUT2D eigenvalue weighted by Gasteiger charge is -2.11. The molecule has 0 aliphatic carbocycles. The second kappa shape index (κ2) is 8.44. The van der Waals surface area contributed by atoms with Crippen LogP contribution in [0.4, 0.5) is 5.69 Å². The SMILES string of the molecule is Cc1cccc(OCCNC(=O)CNc2cc(Cl)ccc2C)c1. The number of nitrogens with one attached hydrogen (secondary N) is 2. The molecule has 0 unspecified atom stereocenters. The highest BCUT2D eigenvalue weighted by Gasteiger charge is 2.03. The number of hydrogen-bond acceptors (Lipinski definition) is 3. The zero-order valence-corrected chi connectivity index (χ0v) is 14.1. The van der Waals surface area contributed by atoms with Crippen molar-refractivity contribution in [2.24, 2.45) is 0 Å². The molecule has 2 aromatic rings. The molecule has 0 saturated carbocycles. The number of aryl methyl sites for hydroxylation is 2. The molecule has 0 heterocycles. The highest BCUT2D eigenvalue weighted by Crippen LogP contribution is 2.19. The van der Waals surface area contributed by atoms with Crippen LogP contribution in [-0.2, 0) is 4.79 Å². The lowest BCUT2D eigenvalue weighted by molar-refractivity contribution is -0.119. The van der Waals surface area contributed by atoms with E-state index in [4.69, 9.17) is 16.3 Å². The average molecular weight is 333 g/mol. The number of halogens is 1. The van der Waals surface area contributed by atoms with E-state index in [1.54, 1.807) is 0 Å². The lowest BCUT2D eigenvalue weighted by atomic mass is 10.2. The molecule has 0 aliphatic rings. The summed E-state index contributed by atoms with van der Waals surface area (Å²) in [4.78, 5) is 11.8. The van der Waals surface area contributed by atoms with Gasteiger partial charge in [-0.2, -0.15) is 0 Å². The third kappa shape index (κ3) is 5.83. The Balaban J connectivity index is 1.68. The first kappa shape index (κ1) is 17.2. The minimum absolute atomic E-state index is 0.0859. The van der Waals surface area contributed by atoms with E-state index < -0.39 is 0 Å². The summed E-state index contributed by atoms with van der Waals surface area (Å²) in [6.07, 6.45) is 0. The molecule has 0 bridgehead atoms. The quantitative estimate of drug-likeness (QED) is 0.762. The Hall–Kier alpha value is -2.20. The van der Waals surface area contributed by atoms with Crippen LogP contribution in [0, 0.1) is 13.8 Å². The van der Waals surface area contributed by atoms with Crippen molar-refractivity contribution in [1.82, 2.24) is 5.32 Å². The van der Waals surface area contributed by atoms with Crippen LogP contribution in [0.3, 0.4) is 0 Å². The van der Waals surface area contributed by atoms with Gasteiger partial charge in [0.05, 0.1) is 13.1 Å². The topological polar surface area (TPSA) is 50.4 Å². The number of carbonyl (C=O) groups excluding carboxylic acids is 1. The lowest BCUT2D eigenvalue weighted by Crippen LogP contribution is -2.33. The molecule has 122 valence electrons. The van der Waals surface area contributed by atoms with Crippen LogP contribution in [0.2, 0.25) is 5.02 Å². The van der Waals surface area contributed by atoms with Gasteiger partial charge in [0, 0.05) is 10.7 Å². The maximum Gasteiger partial charge on any atom is 0.239 e. The summed E-state index contributed by atoms with van der Waals surface area (Å²) in [5.41, 5.74) is 3.06. The summed E-state index contributed by atoms with van der Waals surface area (Å²) in [7, 11) is 0. The van der Waals surface area contributed by atoms with Gasteiger partial charge in [0.15, 0.2) is 0 Å². The number of rotatable bonds is 7. The molecule has 2 aromatic carbocycles. The summed E-state index contributed by atoms with van der Waals surface area (Å²) >= 11 is 5.95. The third-order valence-corrected chi connectivity index (χ3v) is 3.56. The van der Waals surface area contributed by atoms with Crippen molar-refractivity contribution < 1.29 is 9.53 Å². The predicted molar refractivity (Wildman–Crippen MR) is 94.4 cm³/mol. The van der Waals surface area contributed by atoms with Crippen molar-refractivity contribution in [3.05, 3.63) is 58.6 Å². The Morgan fingerprint density at radius 3 is 2.78 bits per heavy atom. The highest BCUT2D eigenvalue weighted by atomic mass is 35.5. The molecule has 0 fully saturated rings. The molecule has 4 nitrogen and oxygen atoms in total. The summed E-state index contributed by atoms with van der Waals surface area (Å²) in [6.45, 7) is 5.07. The smallest absolute Gasteiger partial charge is 0.239 e. The maximum atomic E-state index is 11.8. The van der Waals surface area contributed by atoms with E-state index in [0.717, 1.165) is 22.6 Å². The number of ether oxygens (including phenoxy) is 1. The van der Waals surface area contributed by atoms with Gasteiger partial charge in [0.25, 0.3) is 0 Å². The second-order valence-corrected chi connectivity index (χ2v) is 5.76. The van der Waals surface area contributed by atoms with Crippen molar-refractivity contribution in [3.8, 4) is 5.75 Å². The van der Waals surface area contributed by atoms with E-state index in [9.17, 15) is 4.79 Å². The number of benzene rings is 2. The standard InChI is InChI=1S/C18H21ClN2O2/c1-13-4-3-5-16(10-13)23-9-8-20-18(22)12-21-17-11-15(19)7-6-14(17)2/h3-7,10-11,21H,8-9,12H2,1-2H3,(H,20,22). The van der Waals surface area contributed by atoms with Crippen LogP contribution in [-0.4, -0.2) is 25.6 Å². The molecular formula is C18H21ClN2O2. The Kier molecular flexibility index (Phi) is 6.29. The summed E-state index contributed by atoms with van der Waals surface area (Å²) in [6, 6.07) is 13.4. The van der Waals surface area contributed by atoms with Gasteiger partial charge in [0.1, 0.15) is 12.4 Å². The first-order valence-corrected chi connectivity index (χ1v) is 7.88. The Bertz CT molecular complexity index is 674. The van der Waals surface area contributed by atoms with Crippen molar-refractivity contribution in [1.29, 1.82) is 0 Å². The fourth-order valence-electron chi connectivity index (χ4n) is 2.09. The molecule has 23 heavy (non-hydrogen) atoms. The van der Waals surface area contributed by atoms with E-state index in [1.165, 1.54) is 0 Å². The van der Waals surface area contributed by atoms with Gasteiger partial charge in [0.2, 0.25) is 5.91 Å². The Labute approximate surface area is 141 Å². The minimum atomic E-state index is -0.0859. The van der Waals surface area contributed by atoms with Gasteiger partial charge in [-0.25, -0.2) is 0 Å². The molecule has 1 amide bonds. The molecule has 0 saturated heterocycles. The number of anilines is 1. The largest absolute Gasteiger partial charge is 0.492 e. The van der Waals surface area contributed by atoms with Crippen molar-refractivity contribution in [2.75, 3.05) is 25.0 Å². The van der Waals surface area contributed by atoms with Gasteiger partial charge in [-0.05, 0) is 49.2 Å². The van der Waals surface area contributed by atoms with E-state index in [2.05, 4.69) is 10.6 Å². The van der Waals surface area contributed by atoms with Gasteiger partial charge in [-0.1, -0.05) is 29.8 Å². The minimum Gasteiger partial charge on any atom is -0.492 e. The van der Waals surface area contributed by atoms with E-state index in [1.807, 2.05) is 56.3 Å². The second-order valence-electron chi connectivity index (χ2n) is 5.33. The summed E-state index contributed by atoms with van der Waals surface area (Å²) in [5, 5.41) is 6.54. The van der Waals surface area contributed by atoms with Crippen molar-refractivity contribution >= 4 is 23.2 Å². The van der Waals surface area contributed by atoms with E-state index in [-0.39, 0.29) is 12.5 Å². The normalized spacial score (nSPS) is 10.2. The number of hydrogen-bond donors (Lipinski definition) is 2. The van der Waals surface area contributed by atoms with Gasteiger partial charge in [-0.15, -0.1) is 0 Å². The predicted octanol–water partition coefficient (Wildman–Crippen LogP) is 3.56. The molecule has 0 aromatic heterocycles. The first-order valence-electron chi connectivity index (χ1n) is 7.51. The highest BCUT2D eigenvalue weighted by molar-refractivity contribution is 6.30. The molecule has 0 radical (unpaired) electrons. The molecule has 0 aliphatic heterocycles. The van der Waals surface area contributed by atoms with Crippen LogP contribution < -0.4 is 15.4 Å².